The van der Waals surface area contributed by atoms with Gasteiger partial charge in [0.05, 0.1) is 24.2 Å². The van der Waals surface area contributed by atoms with E-state index in [4.69, 9.17) is 14.6 Å². The molecule has 1 aliphatic heterocycles. The van der Waals surface area contributed by atoms with E-state index in [0.717, 1.165) is 30.2 Å². The monoisotopic (exact) mass is 292 g/mol. The van der Waals surface area contributed by atoms with Crippen LogP contribution in [-0.2, 0) is 18.0 Å². The van der Waals surface area contributed by atoms with Gasteiger partial charge >= 0.3 is 0 Å². The fraction of sp³-hybridized carbons (Fsp3) is 0.429. The second kappa shape index (κ2) is 6.30. The number of thiazole rings is 1. The molecule has 0 bridgehead atoms. The van der Waals surface area contributed by atoms with Crippen LogP contribution >= 0.6 is 11.3 Å². The van der Waals surface area contributed by atoms with Gasteiger partial charge in [0, 0.05) is 12.0 Å². The number of hydrogen-bond acceptors (Lipinski definition) is 6. The molecule has 1 N–H and O–H groups in total. The summed E-state index contributed by atoms with van der Waals surface area (Å²) in [6.07, 6.45) is 3.94. The van der Waals surface area contributed by atoms with Crippen molar-refractivity contribution in [2.45, 2.75) is 32.2 Å². The molecule has 1 unspecified atom stereocenters. The van der Waals surface area contributed by atoms with Gasteiger partial charge in [-0.2, -0.15) is 0 Å². The second-order valence-corrected chi connectivity index (χ2v) is 5.50. The lowest BCUT2D eigenvalue weighted by Gasteiger charge is -2.05. The van der Waals surface area contributed by atoms with E-state index in [1.54, 1.807) is 29.7 Å². The van der Waals surface area contributed by atoms with Gasteiger partial charge in [0.2, 0.25) is 0 Å². The van der Waals surface area contributed by atoms with Crippen molar-refractivity contribution < 1.29 is 14.6 Å². The molecule has 2 aromatic heterocycles. The van der Waals surface area contributed by atoms with E-state index in [1.807, 2.05) is 5.38 Å². The van der Waals surface area contributed by atoms with Crippen molar-refractivity contribution in [2.75, 3.05) is 6.61 Å². The Morgan fingerprint density at radius 1 is 1.40 bits per heavy atom. The van der Waals surface area contributed by atoms with Gasteiger partial charge in [0.25, 0.3) is 0 Å². The lowest BCUT2D eigenvalue weighted by atomic mass is 10.2. The first-order valence-corrected chi connectivity index (χ1v) is 7.47. The average molecular weight is 292 g/mol. The van der Waals surface area contributed by atoms with Crippen LogP contribution in [0.5, 0.6) is 5.75 Å². The van der Waals surface area contributed by atoms with E-state index in [2.05, 4.69) is 9.97 Å². The minimum Gasteiger partial charge on any atom is -0.486 e. The third-order valence-electron chi connectivity index (χ3n) is 3.12. The zero-order chi connectivity index (χ0) is 13.8. The molecule has 20 heavy (non-hydrogen) atoms. The van der Waals surface area contributed by atoms with Crippen LogP contribution in [0.25, 0.3) is 0 Å². The molecule has 0 radical (unpaired) electrons. The normalized spacial score (nSPS) is 18.4. The highest BCUT2D eigenvalue weighted by molar-refractivity contribution is 7.09. The number of hydrogen-bond donors (Lipinski definition) is 1. The Labute approximate surface area is 121 Å². The third kappa shape index (κ3) is 3.15. The highest BCUT2D eigenvalue weighted by atomic mass is 32.1. The summed E-state index contributed by atoms with van der Waals surface area (Å²) in [5, 5.41) is 12.0. The highest BCUT2D eigenvalue weighted by Gasteiger charge is 2.20. The van der Waals surface area contributed by atoms with Gasteiger partial charge < -0.3 is 14.6 Å². The SMILES string of the molecule is OCc1ccc(OCc2csc(C3CCCO3)n2)cn1. The van der Waals surface area contributed by atoms with Gasteiger partial charge in [-0.15, -0.1) is 11.3 Å². The van der Waals surface area contributed by atoms with Crippen molar-refractivity contribution in [3.05, 3.63) is 40.1 Å². The fourth-order valence-corrected chi connectivity index (χ4v) is 2.94. The van der Waals surface area contributed by atoms with Crippen LogP contribution in [0, 0.1) is 0 Å². The predicted molar refractivity (Wildman–Crippen MR) is 74.5 cm³/mol. The summed E-state index contributed by atoms with van der Waals surface area (Å²) in [5.41, 5.74) is 1.54. The van der Waals surface area contributed by atoms with Crippen LogP contribution in [0.1, 0.15) is 35.3 Å². The molecular weight excluding hydrogens is 276 g/mol. The first kappa shape index (κ1) is 13.5. The quantitative estimate of drug-likeness (QED) is 0.917. The van der Waals surface area contributed by atoms with Crippen LogP contribution in [0.15, 0.2) is 23.7 Å². The lowest BCUT2D eigenvalue weighted by Crippen LogP contribution is -1.99. The molecule has 2 aromatic rings. The molecule has 5 nitrogen and oxygen atoms in total. The Bertz CT molecular complexity index is 550. The van der Waals surface area contributed by atoms with E-state index in [1.165, 1.54) is 0 Å². The predicted octanol–water partition coefficient (Wildman–Crippen LogP) is 2.46. The molecule has 0 spiro atoms. The molecule has 1 fully saturated rings. The minimum absolute atomic E-state index is 0.0584. The van der Waals surface area contributed by atoms with Gasteiger partial charge in [-0.25, -0.2) is 4.98 Å². The summed E-state index contributed by atoms with van der Waals surface area (Å²) in [7, 11) is 0. The maximum absolute atomic E-state index is 8.92. The van der Waals surface area contributed by atoms with Crippen molar-refractivity contribution in [1.29, 1.82) is 0 Å². The molecule has 3 rings (SSSR count). The van der Waals surface area contributed by atoms with Crippen molar-refractivity contribution >= 4 is 11.3 Å². The van der Waals surface area contributed by atoms with Crippen LogP contribution in [0.3, 0.4) is 0 Å². The summed E-state index contributed by atoms with van der Waals surface area (Å²) in [5.74, 6) is 0.675. The number of ether oxygens (including phenoxy) is 2. The number of pyridine rings is 1. The van der Waals surface area contributed by atoms with Crippen LogP contribution in [0.4, 0.5) is 0 Å². The van der Waals surface area contributed by atoms with Crippen LogP contribution < -0.4 is 4.74 Å². The number of rotatable bonds is 5. The standard InChI is InChI=1S/C14H16N2O3S/c17-7-10-3-4-12(6-15-10)19-8-11-9-20-14(16-11)13-2-1-5-18-13/h3-4,6,9,13,17H,1-2,5,7-8H2. The molecule has 1 atom stereocenters. The van der Waals surface area contributed by atoms with Crippen molar-refractivity contribution in [3.63, 3.8) is 0 Å². The van der Waals surface area contributed by atoms with Crippen molar-refractivity contribution in [2.24, 2.45) is 0 Å². The Kier molecular flexibility index (Phi) is 4.25. The van der Waals surface area contributed by atoms with E-state index in [0.29, 0.717) is 18.1 Å². The van der Waals surface area contributed by atoms with Gasteiger partial charge in [-0.1, -0.05) is 0 Å². The summed E-state index contributed by atoms with van der Waals surface area (Å²) >= 11 is 1.62. The van der Waals surface area contributed by atoms with Gasteiger partial charge in [-0.05, 0) is 25.0 Å². The number of aliphatic hydroxyl groups is 1. The average Bonchev–Trinajstić information content (AvgIpc) is 3.16. The van der Waals surface area contributed by atoms with Gasteiger partial charge in [0.15, 0.2) is 0 Å². The molecule has 6 heteroatoms. The number of aromatic nitrogens is 2. The summed E-state index contributed by atoms with van der Waals surface area (Å²) < 4.78 is 11.2. The molecule has 0 aliphatic carbocycles. The lowest BCUT2D eigenvalue weighted by molar-refractivity contribution is 0.111. The van der Waals surface area contributed by atoms with E-state index < -0.39 is 0 Å². The number of aliphatic hydroxyl groups excluding tert-OH is 1. The zero-order valence-corrected chi connectivity index (χ0v) is 11.8. The molecular formula is C14H16N2O3S. The van der Waals surface area contributed by atoms with E-state index in [-0.39, 0.29) is 12.7 Å². The Morgan fingerprint density at radius 2 is 2.35 bits per heavy atom. The minimum atomic E-state index is -0.0584. The van der Waals surface area contributed by atoms with Crippen molar-refractivity contribution in [1.82, 2.24) is 9.97 Å². The van der Waals surface area contributed by atoms with Crippen LogP contribution in [-0.4, -0.2) is 21.7 Å². The van der Waals surface area contributed by atoms with Crippen LogP contribution in [0.2, 0.25) is 0 Å². The Balaban J connectivity index is 1.57. The molecule has 1 saturated heterocycles. The number of nitrogens with zero attached hydrogens (tertiary/aromatic N) is 2. The third-order valence-corrected chi connectivity index (χ3v) is 4.11. The van der Waals surface area contributed by atoms with E-state index in [9.17, 15) is 0 Å². The molecule has 106 valence electrons. The summed E-state index contributed by atoms with van der Waals surface area (Å²) in [6.45, 7) is 1.19. The van der Waals surface area contributed by atoms with Gasteiger partial charge in [0.1, 0.15) is 23.5 Å². The summed E-state index contributed by atoms with van der Waals surface area (Å²) in [4.78, 5) is 8.61. The molecule has 0 saturated carbocycles. The second-order valence-electron chi connectivity index (χ2n) is 4.61. The topological polar surface area (TPSA) is 64.5 Å². The smallest absolute Gasteiger partial charge is 0.138 e. The summed E-state index contributed by atoms with van der Waals surface area (Å²) in [6, 6.07) is 3.54. The molecule has 0 aromatic carbocycles. The fourth-order valence-electron chi connectivity index (χ4n) is 2.06. The highest BCUT2D eigenvalue weighted by Crippen LogP contribution is 2.30. The van der Waals surface area contributed by atoms with Crippen molar-refractivity contribution in [3.8, 4) is 5.75 Å². The maximum Gasteiger partial charge on any atom is 0.138 e. The first-order chi connectivity index (χ1) is 9.85. The molecule has 0 amide bonds. The Hall–Kier alpha value is -1.50. The zero-order valence-electron chi connectivity index (χ0n) is 11.0. The molecule has 1 aliphatic rings. The molecule has 3 heterocycles. The van der Waals surface area contributed by atoms with Gasteiger partial charge in [-0.3, -0.25) is 4.98 Å². The maximum atomic E-state index is 8.92. The largest absolute Gasteiger partial charge is 0.486 e. The Morgan fingerprint density at radius 3 is 3.05 bits per heavy atom. The van der Waals surface area contributed by atoms with E-state index >= 15 is 0 Å². The first-order valence-electron chi connectivity index (χ1n) is 6.59.